The topological polar surface area (TPSA) is 67.2 Å². The Balaban J connectivity index is 1.70. The van der Waals surface area contributed by atoms with Gasteiger partial charge in [-0.2, -0.15) is 9.78 Å². The van der Waals surface area contributed by atoms with Crippen LogP contribution in [0.15, 0.2) is 12.3 Å². The van der Waals surface area contributed by atoms with Crippen LogP contribution < -0.4 is 5.32 Å². The highest BCUT2D eigenvalue weighted by Crippen LogP contribution is 2.37. The molecule has 2 atom stereocenters. The average Bonchev–Trinajstić information content (AvgIpc) is 3.10. The van der Waals surface area contributed by atoms with E-state index < -0.39 is 0 Å². The Morgan fingerprint density at radius 1 is 1.32 bits per heavy atom. The van der Waals surface area contributed by atoms with E-state index >= 15 is 0 Å². The van der Waals surface area contributed by atoms with Gasteiger partial charge in [-0.05, 0) is 30.7 Å². The van der Waals surface area contributed by atoms with E-state index in [2.05, 4.69) is 10.4 Å². The quantitative estimate of drug-likeness (QED) is 0.819. The lowest BCUT2D eigenvalue weighted by molar-refractivity contribution is 0.0957. The van der Waals surface area contributed by atoms with E-state index in [1.54, 1.807) is 19.3 Å². The molecule has 6 heteroatoms. The molecule has 1 aromatic heterocycles. The Hall–Kier alpha value is -1.85. The Morgan fingerprint density at radius 3 is 2.63 bits per heavy atom. The van der Waals surface area contributed by atoms with E-state index in [1.807, 2.05) is 4.90 Å². The van der Waals surface area contributed by atoms with E-state index in [0.29, 0.717) is 11.8 Å². The van der Waals surface area contributed by atoms with Crippen molar-refractivity contribution in [2.75, 3.05) is 20.1 Å². The highest BCUT2D eigenvalue weighted by molar-refractivity contribution is 5.92. The molecule has 1 saturated heterocycles. The van der Waals surface area contributed by atoms with Crippen LogP contribution in [-0.4, -0.2) is 46.8 Å². The molecule has 2 heterocycles. The number of fused-ring (bicyclic) bond motifs is 1. The van der Waals surface area contributed by atoms with Gasteiger partial charge in [-0.25, -0.2) is 4.79 Å². The second-order valence-electron chi connectivity index (χ2n) is 5.36. The zero-order valence-corrected chi connectivity index (χ0v) is 11.0. The molecular formula is C13H18N4O2. The first kappa shape index (κ1) is 12.2. The van der Waals surface area contributed by atoms with Gasteiger partial charge in [0.1, 0.15) is 0 Å². The molecule has 6 nitrogen and oxygen atoms in total. The van der Waals surface area contributed by atoms with Gasteiger partial charge in [0.25, 0.3) is 5.91 Å². The van der Waals surface area contributed by atoms with Gasteiger partial charge in [0.05, 0.1) is 0 Å². The molecule has 102 valence electrons. The number of carbonyl (C=O) groups excluding carboxylic acids is 2. The number of carbonyl (C=O) groups is 2. The highest BCUT2D eigenvalue weighted by Gasteiger charge is 2.38. The molecule has 1 N–H and O–H groups in total. The molecule has 2 amide bonds. The van der Waals surface area contributed by atoms with Crippen molar-refractivity contribution in [1.29, 1.82) is 0 Å². The normalized spacial score (nSPS) is 25.4. The summed E-state index contributed by atoms with van der Waals surface area (Å²) in [6.45, 7) is 1.66. The zero-order valence-electron chi connectivity index (χ0n) is 11.0. The predicted molar refractivity (Wildman–Crippen MR) is 68.8 cm³/mol. The van der Waals surface area contributed by atoms with Crippen molar-refractivity contribution in [3.8, 4) is 0 Å². The van der Waals surface area contributed by atoms with Gasteiger partial charge < -0.3 is 10.2 Å². The Labute approximate surface area is 111 Å². The van der Waals surface area contributed by atoms with Crippen LogP contribution >= 0.6 is 0 Å². The molecule has 3 rings (SSSR count). The number of nitrogens with one attached hydrogen (secondary N) is 1. The van der Waals surface area contributed by atoms with Crippen LogP contribution in [0.5, 0.6) is 0 Å². The summed E-state index contributed by atoms with van der Waals surface area (Å²) in [4.78, 5) is 25.6. The van der Waals surface area contributed by atoms with E-state index in [4.69, 9.17) is 0 Å². The summed E-state index contributed by atoms with van der Waals surface area (Å²) in [5, 5.41) is 6.53. The van der Waals surface area contributed by atoms with E-state index in [9.17, 15) is 9.59 Å². The highest BCUT2D eigenvalue weighted by atomic mass is 16.2. The van der Waals surface area contributed by atoms with Crippen molar-refractivity contribution in [2.45, 2.75) is 19.3 Å². The second kappa shape index (κ2) is 4.68. The first-order valence-electron chi connectivity index (χ1n) is 6.76. The van der Waals surface area contributed by atoms with Crippen molar-refractivity contribution in [3.05, 3.63) is 18.0 Å². The van der Waals surface area contributed by atoms with Crippen LogP contribution in [-0.2, 0) is 0 Å². The summed E-state index contributed by atoms with van der Waals surface area (Å²) in [5.41, 5.74) is 0.273. The maximum Gasteiger partial charge on any atom is 0.344 e. The lowest BCUT2D eigenvalue weighted by atomic mass is 10.0. The molecular weight excluding hydrogens is 244 g/mol. The van der Waals surface area contributed by atoms with Crippen LogP contribution in [0.1, 0.15) is 29.8 Å². The molecule has 19 heavy (non-hydrogen) atoms. The van der Waals surface area contributed by atoms with Crippen molar-refractivity contribution in [1.82, 2.24) is 20.0 Å². The molecule has 0 radical (unpaired) electrons. The van der Waals surface area contributed by atoms with Crippen molar-refractivity contribution >= 4 is 11.9 Å². The number of amides is 2. The Kier molecular flexibility index (Phi) is 3.00. The SMILES string of the molecule is CNC(=O)c1ccn(C(=O)N2C[C@H]3CCC[C@H]3C2)n1. The van der Waals surface area contributed by atoms with Crippen molar-refractivity contribution in [3.63, 3.8) is 0 Å². The Bertz CT molecular complexity index is 498. The fraction of sp³-hybridized carbons (Fsp3) is 0.615. The molecule has 1 aromatic rings. The van der Waals surface area contributed by atoms with Crippen LogP contribution in [0, 0.1) is 11.8 Å². The molecule has 0 bridgehead atoms. The lowest BCUT2D eigenvalue weighted by Gasteiger charge is -2.16. The van der Waals surface area contributed by atoms with Gasteiger partial charge in [0.15, 0.2) is 5.69 Å². The van der Waals surface area contributed by atoms with E-state index in [1.165, 1.54) is 23.9 Å². The minimum atomic E-state index is -0.273. The molecule has 1 saturated carbocycles. The predicted octanol–water partition coefficient (Wildman–Crippen LogP) is 0.943. The standard InChI is InChI=1S/C13H18N4O2/c1-14-12(18)11-5-6-17(15-11)13(19)16-7-9-3-2-4-10(9)8-16/h5-6,9-10H,2-4,7-8H2,1H3,(H,14,18)/t9-,10+. The van der Waals surface area contributed by atoms with Gasteiger partial charge in [-0.1, -0.05) is 6.42 Å². The summed E-state index contributed by atoms with van der Waals surface area (Å²) in [5.74, 6) is 1.06. The third-order valence-corrected chi connectivity index (χ3v) is 4.24. The Morgan fingerprint density at radius 2 is 2.00 bits per heavy atom. The molecule has 1 aliphatic heterocycles. The number of nitrogens with zero attached hydrogens (tertiary/aromatic N) is 3. The molecule has 1 aliphatic carbocycles. The number of hydrogen-bond acceptors (Lipinski definition) is 3. The number of hydrogen-bond donors (Lipinski definition) is 1. The molecule has 0 unspecified atom stereocenters. The largest absolute Gasteiger partial charge is 0.354 e. The third-order valence-electron chi connectivity index (χ3n) is 4.24. The fourth-order valence-electron chi connectivity index (χ4n) is 3.22. The number of aromatic nitrogens is 2. The van der Waals surface area contributed by atoms with Crippen molar-refractivity contribution in [2.24, 2.45) is 11.8 Å². The molecule has 2 aliphatic rings. The monoisotopic (exact) mass is 262 g/mol. The van der Waals surface area contributed by atoms with Gasteiger partial charge >= 0.3 is 6.03 Å². The maximum absolute atomic E-state index is 12.3. The van der Waals surface area contributed by atoms with Gasteiger partial charge in [-0.15, -0.1) is 0 Å². The molecule has 0 aromatic carbocycles. The van der Waals surface area contributed by atoms with Crippen LogP contribution in [0.2, 0.25) is 0 Å². The van der Waals surface area contributed by atoms with Crippen LogP contribution in [0.3, 0.4) is 0 Å². The van der Waals surface area contributed by atoms with Crippen molar-refractivity contribution < 1.29 is 9.59 Å². The van der Waals surface area contributed by atoms with Gasteiger partial charge in [0.2, 0.25) is 0 Å². The summed E-state index contributed by atoms with van der Waals surface area (Å²) in [6.07, 6.45) is 5.31. The van der Waals surface area contributed by atoms with E-state index in [-0.39, 0.29) is 17.6 Å². The molecule has 0 spiro atoms. The second-order valence-corrected chi connectivity index (χ2v) is 5.36. The lowest BCUT2D eigenvalue weighted by Crippen LogP contribution is -2.34. The number of likely N-dealkylation sites (tertiary alicyclic amines) is 1. The minimum Gasteiger partial charge on any atom is -0.354 e. The zero-order chi connectivity index (χ0) is 13.4. The maximum atomic E-state index is 12.3. The van der Waals surface area contributed by atoms with Crippen LogP contribution in [0.25, 0.3) is 0 Å². The van der Waals surface area contributed by atoms with Gasteiger partial charge in [0, 0.05) is 26.3 Å². The first-order valence-corrected chi connectivity index (χ1v) is 6.76. The smallest absolute Gasteiger partial charge is 0.344 e. The molecule has 2 fully saturated rings. The first-order chi connectivity index (χ1) is 9.19. The van der Waals surface area contributed by atoms with E-state index in [0.717, 1.165) is 13.1 Å². The summed E-state index contributed by atoms with van der Waals surface area (Å²) < 4.78 is 1.27. The number of rotatable bonds is 1. The summed E-state index contributed by atoms with van der Waals surface area (Å²) >= 11 is 0. The summed E-state index contributed by atoms with van der Waals surface area (Å²) in [6, 6.07) is 1.44. The fourth-order valence-corrected chi connectivity index (χ4v) is 3.22. The minimum absolute atomic E-state index is 0.121. The summed E-state index contributed by atoms with van der Waals surface area (Å²) in [7, 11) is 1.55. The third kappa shape index (κ3) is 2.11. The average molecular weight is 262 g/mol. The van der Waals surface area contributed by atoms with Crippen LogP contribution in [0.4, 0.5) is 4.79 Å². The van der Waals surface area contributed by atoms with Gasteiger partial charge in [-0.3, -0.25) is 4.79 Å².